The molecule has 0 radical (unpaired) electrons. The summed E-state index contributed by atoms with van der Waals surface area (Å²) in [7, 11) is 0. The summed E-state index contributed by atoms with van der Waals surface area (Å²) in [5.74, 6) is 0.835. The van der Waals surface area contributed by atoms with Crippen molar-refractivity contribution in [2.24, 2.45) is 5.92 Å². The van der Waals surface area contributed by atoms with E-state index in [2.05, 4.69) is 37.8 Å². The van der Waals surface area contributed by atoms with Gasteiger partial charge in [0.2, 0.25) is 0 Å². The standard InChI is InChI=1S/C23H24BrFN4OS/c1-14-4-3-11-29(19(14)9-10-20-26-12-17(24)13-27-20)23(30)21-22(31-15(2)28-21)16-5-7-18(25)8-6-16/h5-8,12-14,19H,3-4,9-11H2,1-2H3/t14-,19?/m1/s1. The Morgan fingerprint density at radius 1 is 1.26 bits per heavy atom. The summed E-state index contributed by atoms with van der Waals surface area (Å²) < 4.78 is 14.3. The van der Waals surface area contributed by atoms with Crippen molar-refractivity contribution in [2.45, 2.75) is 45.6 Å². The van der Waals surface area contributed by atoms with Crippen molar-refractivity contribution < 1.29 is 9.18 Å². The molecular weight excluding hydrogens is 479 g/mol. The molecule has 0 spiro atoms. The van der Waals surface area contributed by atoms with Gasteiger partial charge in [0.15, 0.2) is 0 Å². The summed E-state index contributed by atoms with van der Waals surface area (Å²) in [5.41, 5.74) is 1.29. The van der Waals surface area contributed by atoms with Gasteiger partial charge in [0.25, 0.3) is 5.91 Å². The number of aromatic nitrogens is 3. The number of carbonyl (C=O) groups is 1. The molecule has 1 aliphatic heterocycles. The number of rotatable bonds is 5. The molecule has 5 nitrogen and oxygen atoms in total. The van der Waals surface area contributed by atoms with E-state index in [1.807, 2.05) is 11.8 Å². The monoisotopic (exact) mass is 502 g/mol. The molecule has 162 valence electrons. The lowest BCUT2D eigenvalue weighted by Gasteiger charge is -2.40. The second kappa shape index (κ2) is 9.53. The number of hydrogen-bond acceptors (Lipinski definition) is 5. The van der Waals surface area contributed by atoms with Crippen molar-refractivity contribution >= 4 is 33.2 Å². The molecule has 4 rings (SSSR count). The number of piperidine rings is 1. The maximum atomic E-state index is 13.6. The first-order valence-corrected chi connectivity index (χ1v) is 12.0. The van der Waals surface area contributed by atoms with Crippen molar-refractivity contribution in [3.8, 4) is 10.4 Å². The van der Waals surface area contributed by atoms with Gasteiger partial charge < -0.3 is 4.90 Å². The van der Waals surface area contributed by atoms with Gasteiger partial charge in [0.1, 0.15) is 17.3 Å². The second-order valence-electron chi connectivity index (χ2n) is 7.96. The molecule has 0 aliphatic carbocycles. The van der Waals surface area contributed by atoms with Gasteiger partial charge >= 0.3 is 0 Å². The van der Waals surface area contributed by atoms with Crippen LogP contribution in [-0.4, -0.2) is 38.3 Å². The Morgan fingerprint density at radius 3 is 2.68 bits per heavy atom. The van der Waals surface area contributed by atoms with Crippen LogP contribution in [0.3, 0.4) is 0 Å². The van der Waals surface area contributed by atoms with Gasteiger partial charge in [-0.15, -0.1) is 11.3 Å². The zero-order valence-electron chi connectivity index (χ0n) is 17.5. The molecule has 1 saturated heterocycles. The molecule has 0 bridgehead atoms. The molecule has 2 aromatic heterocycles. The minimum absolute atomic E-state index is 0.0445. The highest BCUT2D eigenvalue weighted by molar-refractivity contribution is 9.10. The van der Waals surface area contributed by atoms with Crippen molar-refractivity contribution in [3.63, 3.8) is 0 Å². The van der Waals surface area contributed by atoms with Gasteiger partial charge in [-0.2, -0.15) is 0 Å². The molecule has 1 fully saturated rings. The molecule has 0 saturated carbocycles. The quantitative estimate of drug-likeness (QED) is 0.449. The Hall–Kier alpha value is -2.19. The van der Waals surface area contributed by atoms with Crippen LogP contribution < -0.4 is 0 Å². The van der Waals surface area contributed by atoms with E-state index >= 15 is 0 Å². The van der Waals surface area contributed by atoms with E-state index in [4.69, 9.17) is 0 Å². The van der Waals surface area contributed by atoms with Crippen LogP contribution in [-0.2, 0) is 6.42 Å². The summed E-state index contributed by atoms with van der Waals surface area (Å²) in [6.07, 6.45) is 7.10. The average molecular weight is 503 g/mol. The van der Waals surface area contributed by atoms with Crippen LogP contribution in [0.15, 0.2) is 41.1 Å². The van der Waals surface area contributed by atoms with Crippen LogP contribution in [0.2, 0.25) is 0 Å². The van der Waals surface area contributed by atoms with E-state index in [0.29, 0.717) is 24.6 Å². The first kappa shape index (κ1) is 22.0. The average Bonchev–Trinajstić information content (AvgIpc) is 3.15. The number of likely N-dealkylation sites (tertiary alicyclic amines) is 1. The summed E-state index contributed by atoms with van der Waals surface area (Å²) in [6, 6.07) is 6.36. The number of carbonyl (C=O) groups excluding carboxylic acids is 1. The topological polar surface area (TPSA) is 59.0 Å². The number of nitrogens with zero attached hydrogens (tertiary/aromatic N) is 4. The number of hydrogen-bond donors (Lipinski definition) is 0. The van der Waals surface area contributed by atoms with Crippen LogP contribution in [0.1, 0.15) is 47.5 Å². The van der Waals surface area contributed by atoms with Crippen molar-refractivity contribution in [1.29, 1.82) is 0 Å². The predicted octanol–water partition coefficient (Wildman–Crippen LogP) is 5.68. The van der Waals surface area contributed by atoms with Gasteiger partial charge in [-0.3, -0.25) is 4.79 Å². The third-order valence-electron chi connectivity index (χ3n) is 5.76. The minimum Gasteiger partial charge on any atom is -0.334 e. The lowest BCUT2D eigenvalue weighted by Crippen LogP contribution is -2.48. The van der Waals surface area contributed by atoms with Gasteiger partial charge in [-0.05, 0) is 65.7 Å². The maximum Gasteiger partial charge on any atom is 0.274 e. The molecular formula is C23H24BrFN4OS. The normalized spacial score (nSPS) is 18.9. The van der Waals surface area contributed by atoms with Crippen molar-refractivity contribution in [1.82, 2.24) is 19.9 Å². The third kappa shape index (κ3) is 5.01. The Bertz CT molecular complexity index is 1050. The molecule has 3 aromatic rings. The van der Waals surface area contributed by atoms with Gasteiger partial charge in [0, 0.05) is 31.4 Å². The van der Waals surface area contributed by atoms with E-state index in [1.54, 1.807) is 24.5 Å². The Kier molecular flexibility index (Phi) is 6.77. The SMILES string of the molecule is Cc1nc(C(=O)N2CCC[C@@H](C)C2CCc2ncc(Br)cn2)c(-c2ccc(F)cc2)s1. The maximum absolute atomic E-state index is 13.6. The lowest BCUT2D eigenvalue weighted by molar-refractivity contribution is 0.0494. The fourth-order valence-electron chi connectivity index (χ4n) is 4.19. The molecule has 2 atom stereocenters. The fraction of sp³-hybridized carbons (Fsp3) is 0.391. The number of aryl methyl sites for hydroxylation is 2. The predicted molar refractivity (Wildman–Crippen MR) is 124 cm³/mol. The minimum atomic E-state index is -0.294. The number of thiazole rings is 1. The highest BCUT2D eigenvalue weighted by Crippen LogP contribution is 2.34. The van der Waals surface area contributed by atoms with Crippen LogP contribution >= 0.6 is 27.3 Å². The molecule has 1 amide bonds. The first-order valence-electron chi connectivity index (χ1n) is 10.4. The van der Waals surface area contributed by atoms with E-state index in [9.17, 15) is 9.18 Å². The highest BCUT2D eigenvalue weighted by Gasteiger charge is 2.34. The van der Waals surface area contributed by atoms with Crippen molar-refractivity contribution in [3.05, 3.63) is 63.5 Å². The zero-order chi connectivity index (χ0) is 22.0. The Balaban J connectivity index is 1.58. The molecule has 1 aromatic carbocycles. The molecule has 31 heavy (non-hydrogen) atoms. The second-order valence-corrected chi connectivity index (χ2v) is 10.1. The lowest BCUT2D eigenvalue weighted by atomic mass is 9.87. The molecule has 1 aliphatic rings. The number of amides is 1. The number of halogens is 2. The summed E-state index contributed by atoms with van der Waals surface area (Å²) in [6.45, 7) is 4.82. The van der Waals surface area contributed by atoms with Gasteiger partial charge in [-0.1, -0.05) is 19.1 Å². The highest BCUT2D eigenvalue weighted by atomic mass is 79.9. The Labute approximate surface area is 193 Å². The van der Waals surface area contributed by atoms with E-state index in [-0.39, 0.29) is 17.8 Å². The Morgan fingerprint density at radius 2 is 1.97 bits per heavy atom. The van der Waals surface area contributed by atoms with Gasteiger partial charge in [0.05, 0.1) is 14.4 Å². The van der Waals surface area contributed by atoms with Crippen LogP contribution in [0.4, 0.5) is 4.39 Å². The summed E-state index contributed by atoms with van der Waals surface area (Å²) in [4.78, 5) is 29.8. The molecule has 1 unspecified atom stereocenters. The van der Waals surface area contributed by atoms with Crippen molar-refractivity contribution in [2.75, 3.05) is 6.54 Å². The fourth-order valence-corrected chi connectivity index (χ4v) is 5.31. The molecule has 8 heteroatoms. The van der Waals surface area contributed by atoms with E-state index in [0.717, 1.165) is 45.0 Å². The van der Waals surface area contributed by atoms with E-state index in [1.165, 1.54) is 23.5 Å². The summed E-state index contributed by atoms with van der Waals surface area (Å²) in [5, 5.41) is 0.826. The molecule has 3 heterocycles. The first-order chi connectivity index (χ1) is 14.9. The largest absolute Gasteiger partial charge is 0.334 e. The molecule has 0 N–H and O–H groups in total. The van der Waals surface area contributed by atoms with Crippen LogP contribution in [0, 0.1) is 18.7 Å². The third-order valence-corrected chi connectivity index (χ3v) is 7.19. The van der Waals surface area contributed by atoms with Gasteiger partial charge in [-0.25, -0.2) is 19.3 Å². The van der Waals surface area contributed by atoms with E-state index < -0.39 is 0 Å². The van der Waals surface area contributed by atoms with Crippen LogP contribution in [0.5, 0.6) is 0 Å². The smallest absolute Gasteiger partial charge is 0.274 e. The summed E-state index contributed by atoms with van der Waals surface area (Å²) >= 11 is 4.84. The number of benzene rings is 1. The van der Waals surface area contributed by atoms with Crippen LogP contribution in [0.25, 0.3) is 10.4 Å². The zero-order valence-corrected chi connectivity index (χ0v) is 19.9.